The van der Waals surface area contributed by atoms with Crippen molar-refractivity contribution < 1.29 is 19.5 Å². The predicted molar refractivity (Wildman–Crippen MR) is 178 cm³/mol. The third kappa shape index (κ3) is 6.28. The lowest BCUT2D eigenvalue weighted by molar-refractivity contribution is -0.141. The van der Waals surface area contributed by atoms with Gasteiger partial charge in [0.15, 0.2) is 6.10 Å². The van der Waals surface area contributed by atoms with E-state index in [1.54, 1.807) is 70.7 Å². The number of aromatic amines is 2. The van der Waals surface area contributed by atoms with Crippen LogP contribution >= 0.6 is 0 Å². The molecule has 3 N–H and O–H groups in total. The van der Waals surface area contributed by atoms with Crippen LogP contribution in [0.5, 0.6) is 0 Å². The zero-order chi connectivity index (χ0) is 33.0. The molecule has 2 amide bonds. The van der Waals surface area contributed by atoms with Crippen molar-refractivity contribution in [3.8, 4) is 23.1 Å². The maximum atomic E-state index is 13.1. The van der Waals surface area contributed by atoms with Gasteiger partial charge in [0.05, 0.1) is 30.2 Å². The fourth-order valence-electron chi connectivity index (χ4n) is 6.48. The van der Waals surface area contributed by atoms with Crippen molar-refractivity contribution in [2.45, 2.75) is 43.9 Å². The second kappa shape index (κ2) is 13.5. The smallest absolute Gasteiger partial charge is 0.295 e. The molecule has 2 aliphatic heterocycles. The summed E-state index contributed by atoms with van der Waals surface area (Å²) in [6.07, 6.45) is 5.32. The van der Waals surface area contributed by atoms with Gasteiger partial charge in [0.25, 0.3) is 11.8 Å². The number of nitrogens with zero attached hydrogens (tertiary/aromatic N) is 4. The van der Waals surface area contributed by atoms with E-state index in [0.29, 0.717) is 41.6 Å². The van der Waals surface area contributed by atoms with E-state index in [2.05, 4.69) is 31.8 Å². The number of nitrogens with one attached hydrogen (secondary N) is 2. The van der Waals surface area contributed by atoms with Gasteiger partial charge in [0, 0.05) is 24.2 Å². The molecule has 3 aromatic carbocycles. The lowest BCUT2D eigenvalue weighted by atomic mass is 10.1. The number of likely N-dealkylation sites (tertiary alicyclic amines) is 2. The van der Waals surface area contributed by atoms with Crippen molar-refractivity contribution in [2.75, 3.05) is 13.1 Å². The summed E-state index contributed by atoms with van der Waals surface area (Å²) in [5.41, 5.74) is 4.13. The molecule has 0 saturated carbocycles. The van der Waals surface area contributed by atoms with Gasteiger partial charge < -0.3 is 24.9 Å². The van der Waals surface area contributed by atoms with Crippen LogP contribution < -0.4 is 0 Å². The number of hydrogen-bond donors (Lipinski definition) is 3. The van der Waals surface area contributed by atoms with E-state index in [1.807, 2.05) is 36.4 Å². The van der Waals surface area contributed by atoms with Gasteiger partial charge in [0.2, 0.25) is 5.78 Å². The van der Waals surface area contributed by atoms with E-state index >= 15 is 0 Å². The van der Waals surface area contributed by atoms with E-state index in [9.17, 15) is 19.5 Å². The van der Waals surface area contributed by atoms with Crippen LogP contribution in [0.4, 0.5) is 0 Å². The average Bonchev–Trinajstić information content (AvgIpc) is 3.97. The molecular weight excluding hydrogens is 604 g/mol. The van der Waals surface area contributed by atoms with Crippen LogP contribution in [-0.4, -0.2) is 65.5 Å². The molecule has 10 nitrogen and oxygen atoms in total. The Kier molecular flexibility index (Phi) is 8.69. The molecule has 10 heteroatoms. The number of aromatic nitrogens is 4. The summed E-state index contributed by atoms with van der Waals surface area (Å²) in [6.45, 7) is 1.07. The fraction of sp³-hybridized carbons (Fsp3) is 0.237. The first-order chi connectivity index (χ1) is 23.5. The quantitative estimate of drug-likeness (QED) is 0.128. The molecule has 4 heterocycles. The topological polar surface area (TPSA) is 135 Å². The van der Waals surface area contributed by atoms with Crippen LogP contribution in [0, 0.1) is 11.8 Å². The van der Waals surface area contributed by atoms with Crippen molar-refractivity contribution in [3.05, 3.63) is 131 Å². The van der Waals surface area contributed by atoms with Crippen molar-refractivity contribution in [2.24, 2.45) is 0 Å². The van der Waals surface area contributed by atoms with Gasteiger partial charge >= 0.3 is 0 Å². The molecule has 0 aliphatic carbocycles. The number of aliphatic hydroxyl groups is 1. The lowest BCUT2D eigenvalue weighted by Gasteiger charge is -2.25. The van der Waals surface area contributed by atoms with E-state index in [4.69, 9.17) is 0 Å². The van der Waals surface area contributed by atoms with Gasteiger partial charge in [-0.1, -0.05) is 78.7 Å². The minimum atomic E-state index is -1.21. The summed E-state index contributed by atoms with van der Waals surface area (Å²) in [7, 11) is 0. The Labute approximate surface area is 277 Å². The average molecular weight is 639 g/mol. The summed E-state index contributed by atoms with van der Waals surface area (Å²) < 4.78 is 0. The summed E-state index contributed by atoms with van der Waals surface area (Å²) >= 11 is 0. The molecule has 2 saturated heterocycles. The van der Waals surface area contributed by atoms with E-state index < -0.39 is 17.8 Å². The van der Waals surface area contributed by atoms with Gasteiger partial charge in [0.1, 0.15) is 17.3 Å². The molecular formula is C38H34N6O4. The molecule has 0 radical (unpaired) electrons. The third-order valence-electron chi connectivity index (χ3n) is 8.99. The monoisotopic (exact) mass is 638 g/mol. The molecule has 2 aromatic heterocycles. The van der Waals surface area contributed by atoms with Crippen molar-refractivity contribution in [1.29, 1.82) is 0 Å². The van der Waals surface area contributed by atoms with Crippen molar-refractivity contribution in [1.82, 2.24) is 29.7 Å². The maximum Gasteiger partial charge on any atom is 0.295 e. The second-order valence-electron chi connectivity index (χ2n) is 12.0. The summed E-state index contributed by atoms with van der Waals surface area (Å²) in [6, 6.07) is 24.8. The molecule has 2 aliphatic rings. The second-order valence-corrected chi connectivity index (χ2v) is 12.0. The Bertz CT molecular complexity index is 1990. The zero-order valence-electron chi connectivity index (χ0n) is 26.2. The highest BCUT2D eigenvalue weighted by Crippen LogP contribution is 2.34. The van der Waals surface area contributed by atoms with Gasteiger partial charge in [-0.15, -0.1) is 0 Å². The number of Topliss-reactive ketones (excluding diaryl/α,β-unsaturated/α-hetero) is 1. The SMILES string of the molecule is O=C(C(=O)N1CCC[C@H]1c1ncc(-c2ccc(C#Cc3cnc([C@@H]4CCCN4C(=O)[C@H](O)c4ccccc4)[nH]3)cc2)[nH]1)c1ccccc1. The predicted octanol–water partition coefficient (Wildman–Crippen LogP) is 5.14. The molecule has 0 bridgehead atoms. The van der Waals surface area contributed by atoms with Crippen LogP contribution in [0.1, 0.15) is 82.7 Å². The van der Waals surface area contributed by atoms with E-state index in [1.165, 1.54) is 0 Å². The molecule has 0 spiro atoms. The molecule has 7 rings (SSSR count). The summed E-state index contributed by atoms with van der Waals surface area (Å²) in [5, 5.41) is 10.7. The number of carbonyl (C=O) groups excluding carboxylic acids is 3. The van der Waals surface area contributed by atoms with Crippen LogP contribution in [0.25, 0.3) is 11.3 Å². The van der Waals surface area contributed by atoms with E-state index in [0.717, 1.165) is 42.5 Å². The molecule has 5 aromatic rings. The minimum Gasteiger partial charge on any atom is -0.378 e. The first-order valence-electron chi connectivity index (χ1n) is 16.1. The number of benzene rings is 3. The van der Waals surface area contributed by atoms with Gasteiger partial charge in [-0.25, -0.2) is 9.97 Å². The van der Waals surface area contributed by atoms with Gasteiger partial charge in [-0.05, 0) is 54.9 Å². The van der Waals surface area contributed by atoms with Crippen molar-refractivity contribution in [3.63, 3.8) is 0 Å². The highest BCUT2D eigenvalue weighted by molar-refractivity contribution is 6.42. The third-order valence-corrected chi connectivity index (χ3v) is 8.99. The van der Waals surface area contributed by atoms with Crippen LogP contribution in [0.3, 0.4) is 0 Å². The maximum absolute atomic E-state index is 13.1. The highest BCUT2D eigenvalue weighted by atomic mass is 16.3. The first-order valence-corrected chi connectivity index (χ1v) is 16.1. The molecule has 0 unspecified atom stereocenters. The molecule has 240 valence electrons. The standard InChI is InChI=1S/C38H34N6O4/c45-33(27-9-3-1-4-10-27)37(47)43-21-7-13-31(43)35-39-23-29(41-35)20-17-25-15-18-26(19-16-25)30-24-40-36(42-30)32-14-8-22-44(32)38(48)34(46)28-11-5-2-6-12-28/h1-6,9-12,15-16,18-19,23-24,31-33,45H,7-8,13-14,21-22H2,(H,39,41)(H,40,42)/t31-,32-,33+/m0/s1. The number of ketones is 1. The van der Waals surface area contributed by atoms with Crippen molar-refractivity contribution >= 4 is 17.6 Å². The molecule has 2 fully saturated rings. The number of H-pyrrole nitrogens is 2. The molecule has 3 atom stereocenters. The summed E-state index contributed by atoms with van der Waals surface area (Å²) in [4.78, 5) is 58.1. The Morgan fingerprint density at radius 1 is 0.750 bits per heavy atom. The van der Waals surface area contributed by atoms with E-state index in [-0.39, 0.29) is 18.0 Å². The Morgan fingerprint density at radius 3 is 2.10 bits per heavy atom. The Hall–Kier alpha value is -5.79. The highest BCUT2D eigenvalue weighted by Gasteiger charge is 2.36. The number of aliphatic hydroxyl groups excluding tert-OH is 1. The fourth-order valence-corrected chi connectivity index (χ4v) is 6.48. The first kappa shape index (κ1) is 30.8. The number of amides is 2. The summed E-state index contributed by atoms with van der Waals surface area (Å²) in [5.74, 6) is 6.26. The Balaban J connectivity index is 0.996. The number of hydrogen-bond acceptors (Lipinski definition) is 6. The molecule has 48 heavy (non-hydrogen) atoms. The number of imidazole rings is 2. The largest absolute Gasteiger partial charge is 0.378 e. The number of carbonyl (C=O) groups is 3. The van der Waals surface area contributed by atoms with Gasteiger partial charge in [-0.3, -0.25) is 14.4 Å². The minimum absolute atomic E-state index is 0.247. The van der Waals surface area contributed by atoms with Crippen LogP contribution in [-0.2, 0) is 9.59 Å². The van der Waals surface area contributed by atoms with Crippen LogP contribution in [0.2, 0.25) is 0 Å². The normalized spacial score (nSPS) is 17.9. The Morgan fingerprint density at radius 2 is 1.38 bits per heavy atom. The lowest BCUT2D eigenvalue weighted by Crippen LogP contribution is -2.36. The number of rotatable bonds is 7. The van der Waals surface area contributed by atoms with Crippen LogP contribution in [0.15, 0.2) is 97.3 Å². The zero-order valence-corrected chi connectivity index (χ0v) is 26.2. The van der Waals surface area contributed by atoms with Gasteiger partial charge in [-0.2, -0.15) is 0 Å².